The van der Waals surface area contributed by atoms with E-state index in [0.717, 1.165) is 19.0 Å². The van der Waals surface area contributed by atoms with Crippen molar-refractivity contribution in [1.29, 1.82) is 0 Å². The number of likely N-dealkylation sites (tertiary alicyclic amines) is 2. The Bertz CT molecular complexity index is 296. The minimum Gasteiger partial charge on any atom is -0.342 e. The molecule has 0 N–H and O–H groups in total. The quantitative estimate of drug-likeness (QED) is 0.769. The second-order valence-corrected chi connectivity index (χ2v) is 7.04. The van der Waals surface area contributed by atoms with E-state index in [1.54, 1.807) is 0 Å². The summed E-state index contributed by atoms with van der Waals surface area (Å²) in [6.45, 7) is 14.3. The maximum absolute atomic E-state index is 11.9. The van der Waals surface area contributed by atoms with E-state index in [0.29, 0.717) is 11.3 Å². The number of hydrogen-bond donors (Lipinski definition) is 0. The van der Waals surface area contributed by atoms with E-state index in [1.807, 2.05) is 13.8 Å². The molecule has 2 aliphatic heterocycles. The van der Waals surface area contributed by atoms with Crippen molar-refractivity contribution >= 4 is 5.91 Å². The lowest BCUT2D eigenvalue weighted by Crippen LogP contribution is -2.61. The van der Waals surface area contributed by atoms with Gasteiger partial charge < -0.3 is 9.80 Å². The van der Waals surface area contributed by atoms with Gasteiger partial charge in [-0.1, -0.05) is 27.7 Å². The molecule has 0 bridgehead atoms. The van der Waals surface area contributed by atoms with Gasteiger partial charge in [0.15, 0.2) is 0 Å². The molecular formula is C15H28N2O. The van der Waals surface area contributed by atoms with Crippen LogP contribution >= 0.6 is 0 Å². The Balaban J connectivity index is 1.77. The number of carbonyl (C=O) groups excluding carboxylic acids is 1. The summed E-state index contributed by atoms with van der Waals surface area (Å²) in [4.78, 5) is 16.6. The molecule has 0 aromatic rings. The fraction of sp³-hybridized carbons (Fsp3) is 0.933. The number of carbonyl (C=O) groups is 1. The zero-order chi connectivity index (χ0) is 13.3. The Morgan fingerprint density at radius 3 is 2.11 bits per heavy atom. The van der Waals surface area contributed by atoms with Crippen molar-refractivity contribution in [1.82, 2.24) is 9.80 Å². The van der Waals surface area contributed by atoms with E-state index >= 15 is 0 Å². The Labute approximate surface area is 112 Å². The van der Waals surface area contributed by atoms with Gasteiger partial charge in [-0.3, -0.25) is 4.79 Å². The van der Waals surface area contributed by atoms with Crippen LogP contribution < -0.4 is 0 Å². The molecule has 0 radical (unpaired) electrons. The average molecular weight is 252 g/mol. The smallest absolute Gasteiger partial charge is 0.225 e. The van der Waals surface area contributed by atoms with Crippen LogP contribution in [-0.2, 0) is 4.79 Å². The molecule has 2 aliphatic rings. The van der Waals surface area contributed by atoms with Crippen molar-refractivity contribution in [3.05, 3.63) is 0 Å². The van der Waals surface area contributed by atoms with Crippen molar-refractivity contribution in [3.63, 3.8) is 0 Å². The first-order valence-electron chi connectivity index (χ1n) is 7.43. The molecule has 1 amide bonds. The molecule has 2 fully saturated rings. The third kappa shape index (κ3) is 2.87. The number of nitrogens with zero attached hydrogens (tertiary/aromatic N) is 2. The SMILES string of the molecule is CC(C)CN1CC2(CCN(C(=O)C(C)C)CC2)C1. The van der Waals surface area contributed by atoms with Crippen molar-refractivity contribution in [2.45, 2.75) is 40.5 Å². The molecule has 2 saturated heterocycles. The van der Waals surface area contributed by atoms with Gasteiger partial charge in [-0.15, -0.1) is 0 Å². The van der Waals surface area contributed by atoms with Gasteiger partial charge >= 0.3 is 0 Å². The number of rotatable bonds is 3. The molecule has 0 aromatic carbocycles. The van der Waals surface area contributed by atoms with Gasteiger partial charge in [-0.05, 0) is 24.2 Å². The lowest BCUT2D eigenvalue weighted by molar-refractivity contribution is -0.139. The van der Waals surface area contributed by atoms with Crippen molar-refractivity contribution in [2.24, 2.45) is 17.3 Å². The van der Waals surface area contributed by atoms with Gasteiger partial charge in [0.25, 0.3) is 0 Å². The normalized spacial score (nSPS) is 23.8. The van der Waals surface area contributed by atoms with E-state index in [-0.39, 0.29) is 5.92 Å². The summed E-state index contributed by atoms with van der Waals surface area (Å²) in [6, 6.07) is 0. The fourth-order valence-corrected chi connectivity index (χ4v) is 3.43. The van der Waals surface area contributed by atoms with Crippen LogP contribution in [0.3, 0.4) is 0 Å². The number of amides is 1. The van der Waals surface area contributed by atoms with Gasteiger partial charge in [0.1, 0.15) is 0 Å². The maximum Gasteiger partial charge on any atom is 0.225 e. The maximum atomic E-state index is 11.9. The molecule has 0 saturated carbocycles. The van der Waals surface area contributed by atoms with Gasteiger partial charge in [0.05, 0.1) is 0 Å². The Kier molecular flexibility index (Phi) is 4.00. The molecule has 0 aromatic heterocycles. The third-order valence-electron chi connectivity index (χ3n) is 4.37. The zero-order valence-corrected chi connectivity index (χ0v) is 12.4. The lowest BCUT2D eigenvalue weighted by Gasteiger charge is -2.54. The van der Waals surface area contributed by atoms with E-state index in [1.165, 1.54) is 32.5 Å². The molecule has 0 atom stereocenters. The molecule has 0 unspecified atom stereocenters. The van der Waals surface area contributed by atoms with Gasteiger partial charge in [0.2, 0.25) is 5.91 Å². The van der Waals surface area contributed by atoms with Crippen LogP contribution in [0.4, 0.5) is 0 Å². The van der Waals surface area contributed by atoms with Crippen LogP contribution in [-0.4, -0.2) is 48.4 Å². The Morgan fingerprint density at radius 2 is 1.67 bits per heavy atom. The van der Waals surface area contributed by atoms with Crippen molar-refractivity contribution in [3.8, 4) is 0 Å². The molecule has 1 spiro atoms. The first-order chi connectivity index (χ1) is 8.42. The topological polar surface area (TPSA) is 23.6 Å². The fourth-order valence-electron chi connectivity index (χ4n) is 3.43. The minimum absolute atomic E-state index is 0.151. The first kappa shape index (κ1) is 13.9. The van der Waals surface area contributed by atoms with Crippen molar-refractivity contribution in [2.75, 3.05) is 32.7 Å². The monoisotopic (exact) mass is 252 g/mol. The van der Waals surface area contributed by atoms with Crippen LogP contribution in [0.25, 0.3) is 0 Å². The van der Waals surface area contributed by atoms with E-state index in [9.17, 15) is 4.79 Å². The standard InChI is InChI=1S/C15H28N2O/c1-12(2)9-16-10-15(11-16)5-7-17(8-6-15)14(18)13(3)4/h12-13H,5-11H2,1-4H3. The summed E-state index contributed by atoms with van der Waals surface area (Å²) in [6.07, 6.45) is 2.42. The van der Waals surface area contributed by atoms with Crippen LogP contribution in [0.5, 0.6) is 0 Å². The predicted octanol–water partition coefficient (Wildman–Crippen LogP) is 2.22. The largest absolute Gasteiger partial charge is 0.342 e. The van der Waals surface area contributed by atoms with Crippen LogP contribution in [0, 0.1) is 17.3 Å². The van der Waals surface area contributed by atoms with E-state index in [4.69, 9.17) is 0 Å². The van der Waals surface area contributed by atoms with E-state index in [2.05, 4.69) is 23.6 Å². The summed E-state index contributed by atoms with van der Waals surface area (Å²) >= 11 is 0. The molecule has 2 heterocycles. The average Bonchev–Trinajstić information content (AvgIpc) is 2.26. The molecule has 18 heavy (non-hydrogen) atoms. The highest BCUT2D eigenvalue weighted by atomic mass is 16.2. The number of hydrogen-bond acceptors (Lipinski definition) is 2. The second-order valence-electron chi connectivity index (χ2n) is 7.04. The molecule has 3 nitrogen and oxygen atoms in total. The van der Waals surface area contributed by atoms with Gasteiger partial charge in [-0.25, -0.2) is 0 Å². The third-order valence-corrected chi connectivity index (χ3v) is 4.37. The molecule has 104 valence electrons. The molecule has 2 rings (SSSR count). The first-order valence-corrected chi connectivity index (χ1v) is 7.43. The lowest BCUT2D eigenvalue weighted by atomic mass is 9.71. The van der Waals surface area contributed by atoms with E-state index < -0.39 is 0 Å². The zero-order valence-electron chi connectivity index (χ0n) is 12.4. The highest BCUT2D eigenvalue weighted by molar-refractivity contribution is 5.78. The summed E-state index contributed by atoms with van der Waals surface area (Å²) in [5, 5.41) is 0. The highest BCUT2D eigenvalue weighted by Crippen LogP contribution is 2.40. The Morgan fingerprint density at radius 1 is 1.11 bits per heavy atom. The molecule has 3 heteroatoms. The summed E-state index contributed by atoms with van der Waals surface area (Å²) in [5.41, 5.74) is 0.544. The van der Waals surface area contributed by atoms with Crippen LogP contribution in [0.1, 0.15) is 40.5 Å². The van der Waals surface area contributed by atoms with Crippen molar-refractivity contribution < 1.29 is 4.79 Å². The summed E-state index contributed by atoms with van der Waals surface area (Å²) in [5.74, 6) is 1.26. The minimum atomic E-state index is 0.151. The summed E-state index contributed by atoms with van der Waals surface area (Å²) in [7, 11) is 0. The molecule has 0 aliphatic carbocycles. The highest BCUT2D eigenvalue weighted by Gasteiger charge is 2.45. The Hall–Kier alpha value is -0.570. The number of piperidine rings is 1. The molecular weight excluding hydrogens is 224 g/mol. The van der Waals surface area contributed by atoms with Gasteiger partial charge in [-0.2, -0.15) is 0 Å². The second kappa shape index (κ2) is 5.20. The van der Waals surface area contributed by atoms with Crippen LogP contribution in [0.15, 0.2) is 0 Å². The van der Waals surface area contributed by atoms with Crippen LogP contribution in [0.2, 0.25) is 0 Å². The summed E-state index contributed by atoms with van der Waals surface area (Å²) < 4.78 is 0. The van der Waals surface area contributed by atoms with Gasteiger partial charge in [0, 0.05) is 38.6 Å². The predicted molar refractivity (Wildman–Crippen MR) is 74.4 cm³/mol.